The van der Waals surface area contributed by atoms with Gasteiger partial charge in [0.2, 0.25) is 0 Å². The molecule has 18 heteroatoms. The summed E-state index contributed by atoms with van der Waals surface area (Å²) in [5.74, 6) is -6.03. The standard InChI is InChI=1S/C26H36O18/c1-10(27)35-8-17-20(21(38-13(4)30)23(25(34)42-17)40-15(6)32)44-26-24(41-16(7)33)22(39-14(5)31)19(37-12(3)29)18(43-26)9-36-11(2)28/h17-26,34H,8-9H2,1-7H3/t17-,18-,19+,20+,21+,22+,23+,24+,25+,26+/m0/s1. The molecule has 0 aromatic heterocycles. The van der Waals surface area contributed by atoms with Crippen LogP contribution in [0.4, 0.5) is 0 Å². The van der Waals surface area contributed by atoms with Crippen molar-refractivity contribution in [2.75, 3.05) is 13.2 Å². The summed E-state index contributed by atoms with van der Waals surface area (Å²) in [4.78, 5) is 83.5. The van der Waals surface area contributed by atoms with E-state index in [1.165, 1.54) is 0 Å². The number of esters is 7. The van der Waals surface area contributed by atoms with Gasteiger partial charge in [0, 0.05) is 48.5 Å². The van der Waals surface area contributed by atoms with E-state index in [4.69, 9.17) is 47.4 Å². The number of aliphatic hydroxyl groups is 1. The number of carbonyl (C=O) groups excluding carboxylic acids is 7. The van der Waals surface area contributed by atoms with Crippen molar-refractivity contribution in [3.05, 3.63) is 0 Å². The van der Waals surface area contributed by atoms with Crippen LogP contribution in [0.2, 0.25) is 0 Å². The van der Waals surface area contributed by atoms with E-state index in [1.807, 2.05) is 0 Å². The number of aliphatic hydroxyl groups excluding tert-OH is 1. The van der Waals surface area contributed by atoms with Crippen LogP contribution < -0.4 is 0 Å². The van der Waals surface area contributed by atoms with Gasteiger partial charge in [-0.15, -0.1) is 0 Å². The third-order valence-corrected chi connectivity index (χ3v) is 5.90. The molecule has 2 rings (SSSR count). The predicted molar refractivity (Wildman–Crippen MR) is 135 cm³/mol. The van der Waals surface area contributed by atoms with Crippen molar-refractivity contribution in [1.82, 2.24) is 0 Å². The fourth-order valence-electron chi connectivity index (χ4n) is 4.49. The van der Waals surface area contributed by atoms with Crippen LogP contribution in [0.5, 0.6) is 0 Å². The van der Waals surface area contributed by atoms with E-state index < -0.39 is 116 Å². The predicted octanol–water partition coefficient (Wildman–Crippen LogP) is -1.40. The van der Waals surface area contributed by atoms with Crippen LogP contribution in [-0.4, -0.2) is 122 Å². The third kappa shape index (κ3) is 10.7. The summed E-state index contributed by atoms with van der Waals surface area (Å²) in [5, 5.41) is 10.6. The Labute approximate surface area is 251 Å². The van der Waals surface area contributed by atoms with Crippen LogP contribution in [0, 0.1) is 0 Å². The first-order valence-corrected chi connectivity index (χ1v) is 13.3. The molecule has 0 amide bonds. The Balaban J connectivity index is 2.66. The Morgan fingerprint density at radius 2 is 0.841 bits per heavy atom. The minimum absolute atomic E-state index is 0.572. The van der Waals surface area contributed by atoms with E-state index in [9.17, 15) is 38.7 Å². The van der Waals surface area contributed by atoms with Crippen LogP contribution >= 0.6 is 0 Å². The highest BCUT2D eigenvalue weighted by molar-refractivity contribution is 5.69. The van der Waals surface area contributed by atoms with Crippen LogP contribution in [0.1, 0.15) is 48.5 Å². The quantitative estimate of drug-likeness (QED) is 0.203. The summed E-state index contributed by atoms with van der Waals surface area (Å²) >= 11 is 0. The number of ether oxygens (including phenoxy) is 10. The van der Waals surface area contributed by atoms with Gasteiger partial charge in [0.05, 0.1) is 0 Å². The summed E-state index contributed by atoms with van der Waals surface area (Å²) in [6.07, 6.45) is -16.3. The van der Waals surface area contributed by atoms with Crippen molar-refractivity contribution in [1.29, 1.82) is 0 Å². The molecule has 2 saturated heterocycles. The number of rotatable bonds is 11. The number of carbonyl (C=O) groups is 7. The van der Waals surface area contributed by atoms with Crippen molar-refractivity contribution in [3.8, 4) is 0 Å². The molecule has 0 unspecified atom stereocenters. The van der Waals surface area contributed by atoms with E-state index in [0.717, 1.165) is 48.5 Å². The lowest BCUT2D eigenvalue weighted by Crippen LogP contribution is -2.67. The second kappa shape index (κ2) is 16.3. The van der Waals surface area contributed by atoms with Crippen LogP contribution in [0.15, 0.2) is 0 Å². The fraction of sp³-hybridized carbons (Fsp3) is 0.731. The average Bonchev–Trinajstić information content (AvgIpc) is 2.87. The summed E-state index contributed by atoms with van der Waals surface area (Å²) in [7, 11) is 0. The minimum Gasteiger partial charge on any atom is -0.463 e. The topological polar surface area (TPSA) is 232 Å². The maximum Gasteiger partial charge on any atom is 0.303 e. The lowest BCUT2D eigenvalue weighted by Gasteiger charge is -2.48. The first-order chi connectivity index (χ1) is 20.5. The lowest BCUT2D eigenvalue weighted by atomic mass is 9.96. The summed E-state index contributed by atoms with van der Waals surface area (Å²) in [6, 6.07) is 0. The van der Waals surface area contributed by atoms with E-state index in [2.05, 4.69) is 0 Å². The number of hydrogen-bond acceptors (Lipinski definition) is 18. The number of hydrogen-bond donors (Lipinski definition) is 1. The molecule has 0 radical (unpaired) electrons. The Morgan fingerprint density at radius 3 is 1.27 bits per heavy atom. The maximum atomic E-state index is 12.2. The van der Waals surface area contributed by atoms with Gasteiger partial charge in [-0.25, -0.2) is 0 Å². The molecule has 10 atom stereocenters. The van der Waals surface area contributed by atoms with Crippen molar-refractivity contribution < 1.29 is 86.0 Å². The van der Waals surface area contributed by atoms with E-state index in [0.29, 0.717) is 0 Å². The molecule has 0 aromatic carbocycles. The van der Waals surface area contributed by atoms with Gasteiger partial charge in [-0.1, -0.05) is 0 Å². The molecule has 0 saturated carbocycles. The zero-order chi connectivity index (χ0) is 33.3. The molecule has 2 aliphatic rings. The molecule has 2 fully saturated rings. The molecule has 1 N–H and O–H groups in total. The fourth-order valence-corrected chi connectivity index (χ4v) is 4.49. The van der Waals surface area contributed by atoms with Gasteiger partial charge in [0.15, 0.2) is 43.1 Å². The highest BCUT2D eigenvalue weighted by atomic mass is 16.8. The average molecular weight is 637 g/mol. The van der Waals surface area contributed by atoms with Crippen molar-refractivity contribution in [2.45, 2.75) is 110 Å². The molecule has 0 aliphatic carbocycles. The highest BCUT2D eigenvalue weighted by Crippen LogP contribution is 2.34. The SMILES string of the molecule is CC(=O)OC[C@@H]1O[C@@H](O)[C@H](OC(C)=O)[C@H](OC(C)=O)[C@@H]1O[C@H]1O[C@@H](COC(C)=O)[C@@H](OC(C)=O)[C@@H](OC(C)=O)[C@H]1OC(C)=O. The van der Waals surface area contributed by atoms with Gasteiger partial charge >= 0.3 is 41.8 Å². The van der Waals surface area contributed by atoms with Gasteiger partial charge in [-0.2, -0.15) is 0 Å². The molecule has 0 spiro atoms. The second-order valence-corrected chi connectivity index (χ2v) is 9.68. The van der Waals surface area contributed by atoms with Gasteiger partial charge < -0.3 is 52.5 Å². The van der Waals surface area contributed by atoms with Gasteiger partial charge in [0.1, 0.15) is 31.5 Å². The Kier molecular flexibility index (Phi) is 13.4. The minimum atomic E-state index is -1.90. The Morgan fingerprint density at radius 1 is 0.477 bits per heavy atom. The second-order valence-electron chi connectivity index (χ2n) is 9.68. The Bertz CT molecular complexity index is 1090. The lowest BCUT2D eigenvalue weighted by molar-refractivity contribution is -0.357. The molecule has 0 bridgehead atoms. The molecular weight excluding hydrogens is 600 g/mol. The molecule has 2 heterocycles. The molecule has 44 heavy (non-hydrogen) atoms. The molecule has 2 aliphatic heterocycles. The van der Waals surface area contributed by atoms with Gasteiger partial charge in [-0.3, -0.25) is 33.6 Å². The molecule has 18 nitrogen and oxygen atoms in total. The third-order valence-electron chi connectivity index (χ3n) is 5.90. The van der Waals surface area contributed by atoms with E-state index >= 15 is 0 Å². The van der Waals surface area contributed by atoms with Crippen molar-refractivity contribution >= 4 is 41.8 Å². The smallest absolute Gasteiger partial charge is 0.303 e. The van der Waals surface area contributed by atoms with Crippen molar-refractivity contribution in [3.63, 3.8) is 0 Å². The summed E-state index contributed by atoms with van der Waals surface area (Å²) < 4.78 is 54.1. The summed E-state index contributed by atoms with van der Waals surface area (Å²) in [5.41, 5.74) is 0. The Hall–Kier alpha value is -3.87. The zero-order valence-corrected chi connectivity index (χ0v) is 25.1. The van der Waals surface area contributed by atoms with Crippen LogP contribution in [0.3, 0.4) is 0 Å². The zero-order valence-electron chi connectivity index (χ0n) is 25.1. The van der Waals surface area contributed by atoms with Crippen LogP contribution in [-0.2, 0) is 80.9 Å². The van der Waals surface area contributed by atoms with Crippen LogP contribution in [0.25, 0.3) is 0 Å². The largest absolute Gasteiger partial charge is 0.463 e. The van der Waals surface area contributed by atoms with Gasteiger partial charge in [0.25, 0.3) is 0 Å². The maximum absolute atomic E-state index is 12.2. The van der Waals surface area contributed by atoms with Crippen molar-refractivity contribution in [2.24, 2.45) is 0 Å². The first-order valence-electron chi connectivity index (χ1n) is 13.3. The molecule has 0 aromatic rings. The van der Waals surface area contributed by atoms with E-state index in [1.54, 1.807) is 0 Å². The first kappa shape index (κ1) is 36.3. The molecule has 248 valence electrons. The molecular formula is C26H36O18. The monoisotopic (exact) mass is 636 g/mol. The highest BCUT2D eigenvalue weighted by Gasteiger charge is 2.57. The normalized spacial score (nSPS) is 31.5. The van der Waals surface area contributed by atoms with Gasteiger partial charge in [-0.05, 0) is 0 Å². The summed E-state index contributed by atoms with van der Waals surface area (Å²) in [6.45, 7) is 6.11. The van der Waals surface area contributed by atoms with E-state index in [-0.39, 0.29) is 0 Å².